The first kappa shape index (κ1) is 71.8. The number of methoxy groups -OCH3 is 3. The summed E-state index contributed by atoms with van der Waals surface area (Å²) in [6.45, 7) is 3.63. The number of aromatic amines is 1. The molecule has 6 aromatic rings. The number of unbranched alkanes of at least 4 members (excludes halogenated alkanes) is 3. The lowest BCUT2D eigenvalue weighted by molar-refractivity contribution is -0.170. The van der Waals surface area contributed by atoms with Crippen LogP contribution in [0.4, 0.5) is 24.8 Å². The van der Waals surface area contributed by atoms with Crippen LogP contribution in [0.3, 0.4) is 0 Å². The lowest BCUT2D eigenvalue weighted by Gasteiger charge is -2.38. The number of alkyl halides is 3. The van der Waals surface area contributed by atoms with Gasteiger partial charge in [0.1, 0.15) is 23.1 Å². The smallest absolute Gasteiger partial charge is 0.471 e. The van der Waals surface area contributed by atoms with Gasteiger partial charge in [0.05, 0.1) is 58.5 Å². The number of H-pyrrole nitrogens is 1. The van der Waals surface area contributed by atoms with Crippen LogP contribution in [0.5, 0.6) is 11.5 Å². The van der Waals surface area contributed by atoms with Gasteiger partial charge in [0, 0.05) is 67.6 Å². The number of nitrogens with one attached hydrogen (secondary N) is 5. The number of likely N-dealkylation sites (tertiary alicyclic amines) is 1. The van der Waals surface area contributed by atoms with E-state index in [0.29, 0.717) is 73.8 Å². The molecule has 0 radical (unpaired) electrons. The summed E-state index contributed by atoms with van der Waals surface area (Å²) in [4.78, 5) is 119. The van der Waals surface area contributed by atoms with Gasteiger partial charge in [0.15, 0.2) is 11.2 Å². The minimum atomic E-state index is -5.35. The van der Waals surface area contributed by atoms with Crippen molar-refractivity contribution in [3.8, 4) is 11.5 Å². The summed E-state index contributed by atoms with van der Waals surface area (Å²) in [6.07, 6.45) is -0.907. The third-order valence-corrected chi connectivity index (χ3v) is 17.7. The second-order valence-electron chi connectivity index (χ2n) is 22.1. The first-order chi connectivity index (χ1) is 44.6. The Hall–Kier alpha value is -8.60. The van der Waals surface area contributed by atoms with Crippen LogP contribution >= 0.6 is 21.6 Å². The molecule has 93 heavy (non-hydrogen) atoms. The van der Waals surface area contributed by atoms with E-state index in [2.05, 4.69) is 41.2 Å². The highest BCUT2D eigenvalue weighted by Crippen LogP contribution is 2.42. The Bertz CT molecular complexity index is 3510. The highest BCUT2D eigenvalue weighted by molar-refractivity contribution is 8.76. The molecule has 7 rings (SSSR count). The number of fused-ring (bicyclic) bond motifs is 1. The van der Waals surface area contributed by atoms with Crippen LogP contribution in [0.1, 0.15) is 111 Å². The molecule has 2 aromatic heterocycles. The van der Waals surface area contributed by atoms with E-state index in [9.17, 15) is 56.6 Å². The van der Waals surface area contributed by atoms with Crippen LogP contribution in [-0.4, -0.2) is 155 Å². The van der Waals surface area contributed by atoms with Gasteiger partial charge < -0.3 is 44.9 Å². The Morgan fingerprint density at radius 3 is 2.01 bits per heavy atom. The number of ether oxygens (including phenoxy) is 4. The minimum absolute atomic E-state index is 0.0481. The number of aliphatic hydroxyl groups excluding tert-OH is 1. The molecular formula is C65H77F3N10O13S2. The van der Waals surface area contributed by atoms with Crippen LogP contribution < -0.4 is 41.2 Å². The zero-order chi connectivity index (χ0) is 67.1. The molecule has 0 aliphatic carbocycles. The SMILES string of the molecule is COC(=O)[C@@H](CCC(=O)NCCCCCCC(=O)NCCSSCCCC(=O)N1C[C@H](O)C[C@H]1COC(c1ccccc1)(c1ccc(OC)cc1)c1ccc(OC)cc1)NC(=O)c1ccc(N(Cc2cnc3nc(NC(=O)C(C)C)[nH]c(=O)c3n2)C(=O)C(F)(F)F)cc1. The van der Waals surface area contributed by atoms with Crippen molar-refractivity contribution in [2.75, 3.05) is 69.3 Å². The van der Waals surface area contributed by atoms with Crippen LogP contribution in [0.2, 0.25) is 0 Å². The second-order valence-corrected chi connectivity index (χ2v) is 24.8. The highest BCUT2D eigenvalue weighted by atomic mass is 33.1. The Morgan fingerprint density at radius 1 is 0.753 bits per heavy atom. The van der Waals surface area contributed by atoms with Gasteiger partial charge in [-0.25, -0.2) is 14.8 Å². The molecule has 4 aromatic carbocycles. The predicted octanol–water partition coefficient (Wildman–Crippen LogP) is 7.79. The number of hydrogen-bond acceptors (Lipinski definition) is 18. The number of aromatic nitrogens is 4. The van der Waals surface area contributed by atoms with Crippen LogP contribution in [-0.2, 0) is 50.4 Å². The van der Waals surface area contributed by atoms with Crippen molar-refractivity contribution in [3.05, 3.63) is 148 Å². The van der Waals surface area contributed by atoms with Gasteiger partial charge in [-0.1, -0.05) is 103 Å². The quantitative estimate of drug-likeness (QED) is 0.00972. The topological polar surface area (TPSA) is 303 Å². The fraction of sp³-hybridized carbons (Fsp3) is 0.431. The summed E-state index contributed by atoms with van der Waals surface area (Å²) in [5.41, 5.74) is -0.531. The van der Waals surface area contributed by atoms with Crippen molar-refractivity contribution in [1.29, 1.82) is 0 Å². The summed E-state index contributed by atoms with van der Waals surface area (Å²) in [5, 5.41) is 21.5. The van der Waals surface area contributed by atoms with E-state index >= 15 is 0 Å². The molecule has 28 heteroatoms. The molecule has 0 unspecified atom stereocenters. The summed E-state index contributed by atoms with van der Waals surface area (Å²) >= 11 is 0. The maximum atomic E-state index is 13.9. The van der Waals surface area contributed by atoms with E-state index in [4.69, 9.17) is 18.9 Å². The Balaban J connectivity index is 0.763. The third kappa shape index (κ3) is 20.4. The zero-order valence-electron chi connectivity index (χ0n) is 52.3. The largest absolute Gasteiger partial charge is 0.497 e. The average molecular weight is 1330 g/mol. The Labute approximate surface area is 543 Å². The van der Waals surface area contributed by atoms with Crippen molar-refractivity contribution in [1.82, 2.24) is 40.8 Å². The monoisotopic (exact) mass is 1330 g/mol. The molecule has 1 fully saturated rings. The van der Waals surface area contributed by atoms with E-state index in [1.165, 1.54) is 0 Å². The zero-order valence-corrected chi connectivity index (χ0v) is 53.9. The van der Waals surface area contributed by atoms with Gasteiger partial charge in [0.25, 0.3) is 11.5 Å². The van der Waals surface area contributed by atoms with Crippen molar-refractivity contribution in [2.45, 2.75) is 115 Å². The van der Waals surface area contributed by atoms with Crippen molar-refractivity contribution in [3.63, 3.8) is 0 Å². The lowest BCUT2D eigenvalue weighted by atomic mass is 9.80. The maximum Gasteiger partial charge on any atom is 0.471 e. The number of carbonyl (C=O) groups is 7. The van der Waals surface area contributed by atoms with Crippen molar-refractivity contribution in [2.24, 2.45) is 5.92 Å². The fourth-order valence-electron chi connectivity index (χ4n) is 10.2. The number of esters is 1. The van der Waals surface area contributed by atoms with E-state index < -0.39 is 71.5 Å². The molecule has 0 spiro atoms. The van der Waals surface area contributed by atoms with Gasteiger partial charge >= 0.3 is 18.1 Å². The molecule has 498 valence electrons. The molecule has 0 bridgehead atoms. The number of anilines is 2. The molecule has 1 aliphatic rings. The number of benzene rings is 4. The number of β-amino-alcohol motifs (C(OH)–C–C–N with tert-alkyl or cyclic N) is 1. The number of amides is 6. The summed E-state index contributed by atoms with van der Waals surface area (Å²) in [5.74, 6) is -2.79. The van der Waals surface area contributed by atoms with Crippen molar-refractivity contribution >= 4 is 85.8 Å². The molecule has 1 aliphatic heterocycles. The van der Waals surface area contributed by atoms with E-state index in [1.54, 1.807) is 54.6 Å². The molecule has 6 N–H and O–H groups in total. The molecule has 3 atom stereocenters. The second kappa shape index (κ2) is 34.9. The number of rotatable bonds is 34. The molecule has 0 saturated carbocycles. The van der Waals surface area contributed by atoms with Gasteiger partial charge in [-0.3, -0.25) is 48.8 Å². The summed E-state index contributed by atoms with van der Waals surface area (Å²) in [7, 11) is 7.57. The number of hydrogen-bond donors (Lipinski definition) is 6. The molecule has 1 saturated heterocycles. The summed E-state index contributed by atoms with van der Waals surface area (Å²) < 4.78 is 64.5. The van der Waals surface area contributed by atoms with Gasteiger partial charge in [-0.15, -0.1) is 0 Å². The number of carbonyl (C=O) groups excluding carboxylic acids is 7. The van der Waals surface area contributed by atoms with Gasteiger partial charge in [-0.05, 0) is 97.3 Å². The van der Waals surface area contributed by atoms with E-state index in [1.807, 2.05) is 78.9 Å². The maximum absolute atomic E-state index is 13.9. The number of halogens is 3. The Kier molecular flexibility index (Phi) is 26.9. The predicted molar refractivity (Wildman–Crippen MR) is 345 cm³/mol. The standard InChI is InChI=1S/C65H77F3N10O13S2/c1-41(2)58(83)75-63-74-57-56(60(85)76-63)72-46(37-71-57)38-78(62(87)65(66,67)68)47-24-18-42(19-25-47)59(84)73-52(61(86)90-5)30-31-54(81)69-32-12-7-6-11-16-53(80)70-33-35-93-92-34-13-17-55(82)77-39-49(79)36-48(77)40-91-64(43-14-9-8-10-15-43,44-20-26-50(88-3)27-21-44)45-22-28-51(89-4)29-23-45/h8-10,14-15,18-29,37,41,48-49,52,79H,6-7,11-13,16-17,30-36,38-40H2,1-5H3,(H,69,81)(H,70,80)(H,73,84)(H2,71,74,75,76,83,85)/t48-,49+,52+/m0/s1. The first-order valence-corrected chi connectivity index (χ1v) is 32.8. The Morgan fingerprint density at radius 2 is 1.38 bits per heavy atom. The van der Waals surface area contributed by atoms with E-state index in [0.717, 1.165) is 72.9 Å². The minimum Gasteiger partial charge on any atom is -0.497 e. The number of aliphatic hydroxyl groups is 1. The van der Waals surface area contributed by atoms with Crippen LogP contribution in [0, 0.1) is 5.92 Å². The highest BCUT2D eigenvalue weighted by Gasteiger charge is 2.44. The van der Waals surface area contributed by atoms with Gasteiger partial charge in [0.2, 0.25) is 29.6 Å². The first-order valence-electron chi connectivity index (χ1n) is 30.3. The van der Waals surface area contributed by atoms with E-state index in [-0.39, 0.29) is 77.9 Å². The number of nitrogens with zero attached hydrogens (tertiary/aromatic N) is 5. The summed E-state index contributed by atoms with van der Waals surface area (Å²) in [6, 6.07) is 28.1. The van der Waals surface area contributed by atoms with Crippen molar-refractivity contribution < 1.29 is 70.8 Å². The van der Waals surface area contributed by atoms with Crippen LogP contribution in [0.15, 0.2) is 114 Å². The lowest BCUT2D eigenvalue weighted by Crippen LogP contribution is -2.42. The normalized spacial score (nSPS) is 14.3. The van der Waals surface area contributed by atoms with Crippen LogP contribution in [0.25, 0.3) is 11.2 Å². The molecule has 23 nitrogen and oxygen atoms in total. The fourth-order valence-corrected chi connectivity index (χ4v) is 12.2. The molecule has 6 amide bonds. The average Bonchev–Trinajstić information content (AvgIpc) is 1.02. The molecular weight excluding hydrogens is 1250 g/mol. The van der Waals surface area contributed by atoms with Gasteiger partial charge in [-0.2, -0.15) is 18.2 Å². The molecule has 3 heterocycles. The third-order valence-electron chi connectivity index (χ3n) is 15.2.